The number of ether oxygens (including phenoxy) is 1. The van der Waals surface area contributed by atoms with Crippen molar-refractivity contribution in [1.29, 1.82) is 0 Å². The lowest BCUT2D eigenvalue weighted by Crippen LogP contribution is -2.12. The van der Waals surface area contributed by atoms with Gasteiger partial charge in [0.25, 0.3) is 0 Å². The molecule has 1 nitrogen and oxygen atoms in total. The minimum Gasteiger partial charge on any atom is -0.493 e. The number of hydrogen-bond acceptors (Lipinski definition) is 1. The average Bonchev–Trinajstić information content (AvgIpc) is 2.48. The predicted molar refractivity (Wildman–Crippen MR) is 56.4 cm³/mol. The maximum atomic E-state index is 13.2. The minimum absolute atomic E-state index is 0.138. The van der Waals surface area contributed by atoms with Gasteiger partial charge in [-0.25, -0.2) is 4.39 Å². The molecule has 78 valence electrons. The second kappa shape index (κ2) is 4.45. The van der Waals surface area contributed by atoms with E-state index >= 15 is 0 Å². The predicted octanol–water partition coefficient (Wildman–Crippen LogP) is 3.60. The standard InChI is InChI=1S/C12H17FO/c1-5-6-11-12(9(4)13)10(7-14-11)8(2)3/h5-6,8,10H,4,7H2,1-3H3/b6-5-. The molecule has 0 amide bonds. The van der Waals surface area contributed by atoms with E-state index < -0.39 is 0 Å². The lowest BCUT2D eigenvalue weighted by Gasteiger charge is -2.14. The lowest BCUT2D eigenvalue weighted by molar-refractivity contribution is 0.208. The Morgan fingerprint density at radius 1 is 1.64 bits per heavy atom. The van der Waals surface area contributed by atoms with Gasteiger partial charge in [-0.2, -0.15) is 0 Å². The van der Waals surface area contributed by atoms with Crippen LogP contribution in [-0.4, -0.2) is 6.61 Å². The Balaban J connectivity index is 3.02. The van der Waals surface area contributed by atoms with Crippen LogP contribution in [0.3, 0.4) is 0 Å². The fourth-order valence-electron chi connectivity index (χ4n) is 1.67. The van der Waals surface area contributed by atoms with Crippen molar-refractivity contribution in [3.05, 3.63) is 35.9 Å². The van der Waals surface area contributed by atoms with E-state index in [-0.39, 0.29) is 11.7 Å². The minimum atomic E-state index is -0.366. The third-order valence-corrected chi connectivity index (χ3v) is 2.47. The summed E-state index contributed by atoms with van der Waals surface area (Å²) < 4.78 is 18.7. The number of allylic oxidation sites excluding steroid dienone is 3. The molecule has 0 saturated heterocycles. The molecule has 1 rings (SSSR count). The van der Waals surface area contributed by atoms with Gasteiger partial charge in [0.05, 0.1) is 6.61 Å². The molecular formula is C12H17FO. The van der Waals surface area contributed by atoms with Gasteiger partial charge in [0.1, 0.15) is 11.6 Å². The van der Waals surface area contributed by atoms with Gasteiger partial charge in [0.2, 0.25) is 0 Å². The summed E-state index contributed by atoms with van der Waals surface area (Å²) in [6.45, 7) is 9.95. The van der Waals surface area contributed by atoms with Gasteiger partial charge in [-0.1, -0.05) is 26.5 Å². The van der Waals surface area contributed by atoms with Crippen molar-refractivity contribution in [2.75, 3.05) is 6.61 Å². The molecule has 0 bridgehead atoms. The molecule has 0 fully saturated rings. The van der Waals surface area contributed by atoms with E-state index in [1.54, 1.807) is 6.08 Å². The van der Waals surface area contributed by atoms with E-state index in [1.165, 1.54) is 0 Å². The summed E-state index contributed by atoms with van der Waals surface area (Å²) in [5, 5.41) is 0. The van der Waals surface area contributed by atoms with Crippen LogP contribution in [0.2, 0.25) is 0 Å². The van der Waals surface area contributed by atoms with Crippen molar-refractivity contribution in [2.24, 2.45) is 11.8 Å². The third kappa shape index (κ3) is 2.06. The summed E-state index contributed by atoms with van der Waals surface area (Å²) in [5.41, 5.74) is 0.637. The van der Waals surface area contributed by atoms with Crippen LogP contribution in [0.1, 0.15) is 20.8 Å². The van der Waals surface area contributed by atoms with Crippen LogP contribution in [0.15, 0.2) is 35.9 Å². The first-order chi connectivity index (χ1) is 6.57. The van der Waals surface area contributed by atoms with E-state index in [1.807, 2.05) is 13.0 Å². The van der Waals surface area contributed by atoms with Crippen molar-refractivity contribution < 1.29 is 9.13 Å². The van der Waals surface area contributed by atoms with Gasteiger partial charge in [0.15, 0.2) is 0 Å². The zero-order chi connectivity index (χ0) is 10.7. The summed E-state index contributed by atoms with van der Waals surface area (Å²) in [6.07, 6.45) is 3.64. The Kier molecular flexibility index (Phi) is 3.50. The average molecular weight is 196 g/mol. The Labute approximate surface area is 85.0 Å². The Morgan fingerprint density at radius 3 is 2.71 bits per heavy atom. The fourth-order valence-corrected chi connectivity index (χ4v) is 1.67. The van der Waals surface area contributed by atoms with Crippen molar-refractivity contribution in [3.63, 3.8) is 0 Å². The first-order valence-corrected chi connectivity index (χ1v) is 4.92. The van der Waals surface area contributed by atoms with Crippen LogP contribution < -0.4 is 0 Å². The molecule has 1 aliphatic heterocycles. The fraction of sp³-hybridized carbons (Fsp3) is 0.500. The van der Waals surface area contributed by atoms with Crippen molar-refractivity contribution >= 4 is 0 Å². The maximum absolute atomic E-state index is 13.2. The quantitative estimate of drug-likeness (QED) is 0.670. The van der Waals surface area contributed by atoms with E-state index in [2.05, 4.69) is 20.4 Å². The molecular weight excluding hydrogens is 179 g/mol. The number of hydrogen-bond donors (Lipinski definition) is 0. The molecule has 0 aromatic rings. The van der Waals surface area contributed by atoms with Gasteiger partial charge < -0.3 is 4.74 Å². The van der Waals surface area contributed by atoms with E-state index in [4.69, 9.17) is 4.74 Å². The van der Waals surface area contributed by atoms with Crippen molar-refractivity contribution in [1.82, 2.24) is 0 Å². The van der Waals surface area contributed by atoms with Gasteiger partial charge in [-0.3, -0.25) is 0 Å². The zero-order valence-electron chi connectivity index (χ0n) is 9.01. The Bertz CT molecular complexity index is 287. The van der Waals surface area contributed by atoms with E-state index in [0.29, 0.717) is 23.9 Å². The van der Waals surface area contributed by atoms with E-state index in [0.717, 1.165) is 0 Å². The highest BCUT2D eigenvalue weighted by Gasteiger charge is 2.30. The smallest absolute Gasteiger partial charge is 0.125 e. The summed E-state index contributed by atoms with van der Waals surface area (Å²) in [6, 6.07) is 0. The Morgan fingerprint density at radius 2 is 2.29 bits per heavy atom. The molecule has 0 saturated carbocycles. The van der Waals surface area contributed by atoms with Crippen LogP contribution in [0.25, 0.3) is 0 Å². The molecule has 0 spiro atoms. The molecule has 0 aromatic carbocycles. The summed E-state index contributed by atoms with van der Waals surface area (Å²) in [5.74, 6) is 0.784. The SMILES string of the molecule is C=C(F)C1=C(/C=C\C)OCC1C(C)C. The molecule has 0 N–H and O–H groups in total. The normalized spacial score (nSPS) is 22.2. The summed E-state index contributed by atoms with van der Waals surface area (Å²) in [4.78, 5) is 0. The highest BCUT2D eigenvalue weighted by Crippen LogP contribution is 2.36. The van der Waals surface area contributed by atoms with Crippen molar-refractivity contribution in [2.45, 2.75) is 20.8 Å². The largest absolute Gasteiger partial charge is 0.493 e. The highest BCUT2D eigenvalue weighted by molar-refractivity contribution is 5.37. The van der Waals surface area contributed by atoms with Gasteiger partial charge in [-0.05, 0) is 18.9 Å². The van der Waals surface area contributed by atoms with Crippen molar-refractivity contribution in [3.8, 4) is 0 Å². The molecule has 2 heteroatoms. The zero-order valence-corrected chi connectivity index (χ0v) is 9.01. The van der Waals surface area contributed by atoms with Crippen LogP contribution in [0.5, 0.6) is 0 Å². The van der Waals surface area contributed by atoms with E-state index in [9.17, 15) is 4.39 Å². The topological polar surface area (TPSA) is 9.23 Å². The van der Waals surface area contributed by atoms with Gasteiger partial charge in [-0.15, -0.1) is 0 Å². The monoisotopic (exact) mass is 196 g/mol. The van der Waals surface area contributed by atoms with Crippen LogP contribution in [0.4, 0.5) is 4.39 Å². The highest BCUT2D eigenvalue weighted by atomic mass is 19.1. The molecule has 0 aliphatic carbocycles. The Hall–Kier alpha value is -1.05. The molecule has 1 unspecified atom stereocenters. The third-order valence-electron chi connectivity index (χ3n) is 2.47. The molecule has 1 atom stereocenters. The molecule has 14 heavy (non-hydrogen) atoms. The maximum Gasteiger partial charge on any atom is 0.125 e. The van der Waals surface area contributed by atoms with Gasteiger partial charge in [0, 0.05) is 11.5 Å². The first-order valence-electron chi connectivity index (χ1n) is 4.92. The second-order valence-corrected chi connectivity index (χ2v) is 3.84. The first kappa shape index (κ1) is 11.0. The van der Waals surface area contributed by atoms with Crippen LogP contribution in [0, 0.1) is 11.8 Å². The molecule has 0 radical (unpaired) electrons. The van der Waals surface area contributed by atoms with Crippen LogP contribution in [-0.2, 0) is 4.74 Å². The number of rotatable bonds is 3. The van der Waals surface area contributed by atoms with Gasteiger partial charge >= 0.3 is 0 Å². The lowest BCUT2D eigenvalue weighted by atomic mass is 9.89. The number of halogens is 1. The summed E-state index contributed by atoms with van der Waals surface area (Å²) >= 11 is 0. The summed E-state index contributed by atoms with van der Waals surface area (Å²) in [7, 11) is 0. The van der Waals surface area contributed by atoms with Crippen LogP contribution >= 0.6 is 0 Å². The second-order valence-electron chi connectivity index (χ2n) is 3.84. The molecule has 1 aliphatic rings. The molecule has 0 aromatic heterocycles. The molecule has 1 heterocycles.